The van der Waals surface area contributed by atoms with Gasteiger partial charge in [0.05, 0.1) is 30.3 Å². The van der Waals surface area contributed by atoms with E-state index in [1.165, 1.54) is 54.7 Å². The second-order valence-corrected chi connectivity index (χ2v) is 11.1. The third kappa shape index (κ3) is 6.57. The highest BCUT2D eigenvalue weighted by Crippen LogP contribution is 2.45. The third-order valence-corrected chi connectivity index (χ3v) is 8.41. The molecule has 1 saturated carbocycles. The minimum absolute atomic E-state index is 0.0802. The van der Waals surface area contributed by atoms with Crippen LogP contribution >= 0.6 is 0 Å². The Morgan fingerprint density at radius 3 is 2.26 bits per heavy atom. The van der Waals surface area contributed by atoms with E-state index in [1.54, 1.807) is 12.1 Å². The second kappa shape index (κ2) is 14.1. The summed E-state index contributed by atoms with van der Waals surface area (Å²) in [4.78, 5) is 38.2. The zero-order chi connectivity index (χ0) is 32.8. The van der Waals surface area contributed by atoms with E-state index in [4.69, 9.17) is 19.9 Å². The number of carbonyl (C=O) groups excluding carboxylic acids is 2. The fourth-order valence-corrected chi connectivity index (χ4v) is 5.50. The van der Waals surface area contributed by atoms with E-state index in [-0.39, 0.29) is 35.8 Å². The molecule has 1 heterocycles. The molecule has 46 heavy (non-hydrogen) atoms. The van der Waals surface area contributed by atoms with Gasteiger partial charge in [0, 0.05) is 24.4 Å². The number of primary amides is 1. The standard InChI is InChI=1S/C34H37F2N5O5/c1-4-40(5-2)16-7-17-45-30-20-27-25(19-29(30)44-3)31(39-21-38-27)46-28-13-12-24(18-26(28)36)41(23-10-8-22(35)9-11-23)33(43)34(32(37)42)14-6-15-34/h8-13,18-21H,4-7,14-17H2,1-3H3,(H2,37,42). The van der Waals surface area contributed by atoms with Gasteiger partial charge in [-0.3, -0.25) is 14.5 Å². The maximum atomic E-state index is 15.7. The zero-order valence-corrected chi connectivity index (χ0v) is 26.1. The predicted molar refractivity (Wildman–Crippen MR) is 169 cm³/mol. The molecule has 1 aliphatic carbocycles. The Morgan fingerprint density at radius 2 is 1.65 bits per heavy atom. The summed E-state index contributed by atoms with van der Waals surface area (Å²) in [6.07, 6.45) is 3.34. The van der Waals surface area contributed by atoms with E-state index < -0.39 is 28.9 Å². The molecule has 12 heteroatoms. The summed E-state index contributed by atoms with van der Waals surface area (Å²) in [5.41, 5.74) is 5.10. The minimum atomic E-state index is -1.42. The molecule has 0 radical (unpaired) electrons. The van der Waals surface area contributed by atoms with Gasteiger partial charge in [-0.15, -0.1) is 0 Å². The number of fused-ring (bicyclic) bond motifs is 1. The Labute approximate surface area is 266 Å². The molecule has 0 bridgehead atoms. The predicted octanol–water partition coefficient (Wildman–Crippen LogP) is 6.14. The molecule has 0 unspecified atom stereocenters. The molecule has 0 aliphatic heterocycles. The summed E-state index contributed by atoms with van der Waals surface area (Å²) >= 11 is 0. The van der Waals surface area contributed by atoms with Crippen molar-refractivity contribution in [2.45, 2.75) is 39.5 Å². The maximum absolute atomic E-state index is 15.7. The normalized spacial score (nSPS) is 13.7. The lowest BCUT2D eigenvalue weighted by atomic mass is 9.67. The molecule has 0 saturated heterocycles. The van der Waals surface area contributed by atoms with Crippen LogP contribution in [0.15, 0.2) is 60.9 Å². The summed E-state index contributed by atoms with van der Waals surface area (Å²) in [6.45, 7) is 7.59. The Balaban J connectivity index is 1.41. The Kier molecular flexibility index (Phi) is 9.96. The fraction of sp³-hybridized carbons (Fsp3) is 0.353. The molecule has 0 spiro atoms. The van der Waals surface area contributed by atoms with Crippen LogP contribution in [0.3, 0.4) is 0 Å². The van der Waals surface area contributed by atoms with Crippen LogP contribution in [0.2, 0.25) is 0 Å². The second-order valence-electron chi connectivity index (χ2n) is 11.1. The van der Waals surface area contributed by atoms with Crippen LogP contribution in [0.25, 0.3) is 10.9 Å². The van der Waals surface area contributed by atoms with Gasteiger partial charge < -0.3 is 24.8 Å². The molecule has 1 fully saturated rings. The number of nitrogens with zero attached hydrogens (tertiary/aromatic N) is 4. The summed E-state index contributed by atoms with van der Waals surface area (Å²) in [5.74, 6) is -1.80. The smallest absolute Gasteiger partial charge is 0.247 e. The average Bonchev–Trinajstić information content (AvgIpc) is 3.02. The van der Waals surface area contributed by atoms with Gasteiger partial charge in [0.2, 0.25) is 17.7 Å². The molecule has 4 aromatic rings. The zero-order valence-electron chi connectivity index (χ0n) is 26.1. The summed E-state index contributed by atoms with van der Waals surface area (Å²) < 4.78 is 46.9. The first-order valence-corrected chi connectivity index (χ1v) is 15.3. The summed E-state index contributed by atoms with van der Waals surface area (Å²) in [5, 5.41) is 0.467. The van der Waals surface area contributed by atoms with Gasteiger partial charge in [0.15, 0.2) is 23.1 Å². The van der Waals surface area contributed by atoms with Gasteiger partial charge in [-0.25, -0.2) is 18.7 Å². The van der Waals surface area contributed by atoms with Crippen molar-refractivity contribution in [3.8, 4) is 23.1 Å². The quantitative estimate of drug-likeness (QED) is 0.130. The van der Waals surface area contributed by atoms with Crippen molar-refractivity contribution in [3.05, 3.63) is 72.6 Å². The van der Waals surface area contributed by atoms with Crippen LogP contribution in [-0.2, 0) is 9.59 Å². The number of amides is 2. The molecule has 2 N–H and O–H groups in total. The number of hydrogen-bond donors (Lipinski definition) is 1. The third-order valence-electron chi connectivity index (χ3n) is 8.41. The first kappa shape index (κ1) is 32.6. The van der Waals surface area contributed by atoms with Crippen molar-refractivity contribution in [2.24, 2.45) is 11.1 Å². The highest BCUT2D eigenvalue weighted by molar-refractivity contribution is 6.15. The minimum Gasteiger partial charge on any atom is -0.493 e. The van der Waals surface area contributed by atoms with Gasteiger partial charge in [-0.2, -0.15) is 0 Å². The fourth-order valence-electron chi connectivity index (χ4n) is 5.50. The molecule has 3 aromatic carbocycles. The van der Waals surface area contributed by atoms with Gasteiger partial charge in [-0.1, -0.05) is 20.3 Å². The number of halogens is 2. The van der Waals surface area contributed by atoms with E-state index in [0.717, 1.165) is 32.1 Å². The summed E-state index contributed by atoms with van der Waals surface area (Å²) in [7, 11) is 1.52. The lowest BCUT2D eigenvalue weighted by molar-refractivity contribution is -0.145. The van der Waals surface area contributed by atoms with Gasteiger partial charge in [-0.05, 0) is 74.8 Å². The van der Waals surface area contributed by atoms with E-state index >= 15 is 4.39 Å². The molecule has 1 aliphatic rings. The van der Waals surface area contributed by atoms with E-state index in [9.17, 15) is 14.0 Å². The van der Waals surface area contributed by atoms with Crippen LogP contribution in [0.5, 0.6) is 23.1 Å². The molecule has 5 rings (SSSR count). The number of nitrogens with two attached hydrogens (primary N) is 1. The van der Waals surface area contributed by atoms with E-state index in [1.807, 2.05) is 0 Å². The Morgan fingerprint density at radius 1 is 0.935 bits per heavy atom. The van der Waals surface area contributed by atoms with Crippen molar-refractivity contribution in [1.29, 1.82) is 0 Å². The van der Waals surface area contributed by atoms with Crippen LogP contribution in [-0.4, -0.2) is 60.0 Å². The molecule has 1 aromatic heterocycles. The van der Waals surface area contributed by atoms with Crippen LogP contribution < -0.4 is 24.8 Å². The summed E-state index contributed by atoms with van der Waals surface area (Å²) in [6, 6.07) is 12.5. The molecule has 0 atom stereocenters. The number of benzene rings is 3. The van der Waals surface area contributed by atoms with Crippen molar-refractivity contribution in [3.63, 3.8) is 0 Å². The van der Waals surface area contributed by atoms with Gasteiger partial charge >= 0.3 is 0 Å². The Hall–Kier alpha value is -4.84. The molecule has 2 amide bonds. The van der Waals surface area contributed by atoms with Crippen LogP contribution in [0.1, 0.15) is 39.5 Å². The number of aromatic nitrogens is 2. The first-order valence-electron chi connectivity index (χ1n) is 15.3. The van der Waals surface area contributed by atoms with Crippen molar-refractivity contribution in [1.82, 2.24) is 14.9 Å². The number of anilines is 2. The average molecular weight is 634 g/mol. The Bertz CT molecular complexity index is 1710. The van der Waals surface area contributed by atoms with Crippen molar-refractivity contribution >= 4 is 34.1 Å². The van der Waals surface area contributed by atoms with Crippen molar-refractivity contribution < 1.29 is 32.6 Å². The number of rotatable bonds is 14. The van der Waals surface area contributed by atoms with Crippen LogP contribution in [0, 0.1) is 17.0 Å². The first-order chi connectivity index (χ1) is 22.2. The van der Waals surface area contributed by atoms with Crippen molar-refractivity contribution in [2.75, 3.05) is 38.3 Å². The SMILES string of the molecule is CCN(CC)CCCOc1cc2ncnc(Oc3ccc(N(C(=O)C4(C(N)=O)CCC4)c4ccc(F)cc4)cc3F)c2cc1OC. The number of hydrogen-bond acceptors (Lipinski definition) is 8. The topological polar surface area (TPSA) is 120 Å². The number of ether oxygens (including phenoxy) is 3. The van der Waals surface area contributed by atoms with E-state index in [0.29, 0.717) is 35.4 Å². The maximum Gasteiger partial charge on any atom is 0.247 e. The lowest BCUT2D eigenvalue weighted by Gasteiger charge is -2.40. The van der Waals surface area contributed by atoms with E-state index in [2.05, 4.69) is 28.7 Å². The van der Waals surface area contributed by atoms with Crippen LogP contribution in [0.4, 0.5) is 20.2 Å². The highest BCUT2D eigenvalue weighted by atomic mass is 19.1. The molecule has 242 valence electrons. The molecular weight excluding hydrogens is 596 g/mol. The van der Waals surface area contributed by atoms with Gasteiger partial charge in [0.25, 0.3) is 0 Å². The number of methoxy groups -OCH3 is 1. The molecular formula is C34H37F2N5O5. The van der Waals surface area contributed by atoms with Gasteiger partial charge in [0.1, 0.15) is 17.6 Å². The highest BCUT2D eigenvalue weighted by Gasteiger charge is 2.52. The monoisotopic (exact) mass is 633 g/mol. The number of carbonyl (C=O) groups is 2. The molecule has 10 nitrogen and oxygen atoms in total. The largest absolute Gasteiger partial charge is 0.493 e. The lowest BCUT2D eigenvalue weighted by Crippen LogP contribution is -2.54.